The summed E-state index contributed by atoms with van der Waals surface area (Å²) in [6.07, 6.45) is 11.7. The molecule has 186 valence electrons. The number of hydrogen-bond donors (Lipinski definition) is 2. The second kappa shape index (κ2) is 14.4. The zero-order valence-corrected chi connectivity index (χ0v) is 21.3. The third-order valence-corrected chi connectivity index (χ3v) is 5.77. The average molecular weight is 470 g/mol. The van der Waals surface area contributed by atoms with E-state index in [9.17, 15) is 4.39 Å². The number of halogens is 1. The molecule has 3 heterocycles. The molecule has 1 fully saturated rings. The van der Waals surface area contributed by atoms with E-state index in [2.05, 4.69) is 38.0 Å². The SMILES string of the molecule is CC(F)Cc1nc(-c2ccc(N(C)C)nn2)ccc1-c1cn[nH]c1.CC1CCCCCC1.CN. The Hall–Kier alpha value is -2.87. The number of alkyl halides is 1. The summed E-state index contributed by atoms with van der Waals surface area (Å²) in [5.41, 5.74) is 8.28. The predicted octanol–water partition coefficient (Wildman–Crippen LogP) is 5.45. The maximum atomic E-state index is 13.6. The van der Waals surface area contributed by atoms with E-state index in [1.165, 1.54) is 52.5 Å². The van der Waals surface area contributed by atoms with Gasteiger partial charge in [0.15, 0.2) is 5.82 Å². The first-order chi connectivity index (χ1) is 16.4. The Morgan fingerprint density at radius 1 is 1.03 bits per heavy atom. The maximum Gasteiger partial charge on any atom is 0.150 e. The van der Waals surface area contributed by atoms with Crippen LogP contribution in [0.4, 0.5) is 10.2 Å². The molecule has 3 N–H and O–H groups in total. The van der Waals surface area contributed by atoms with Gasteiger partial charge in [-0.1, -0.05) is 51.5 Å². The highest BCUT2D eigenvalue weighted by molar-refractivity contribution is 5.68. The molecule has 0 aromatic carbocycles. The van der Waals surface area contributed by atoms with Gasteiger partial charge in [0.2, 0.25) is 0 Å². The van der Waals surface area contributed by atoms with Crippen molar-refractivity contribution in [2.45, 2.75) is 65.0 Å². The standard InChI is InChI=1S/C17H19FN6.C8H16.CH5N/c1-11(18)8-16-13(12-9-19-20-10-12)4-5-14(21-16)15-6-7-17(23-22-15)24(2)3;1-8-6-4-2-3-5-7-8;1-2/h4-7,9-11H,8H2,1-3H3,(H,19,20);8H,2-7H2,1H3;2H2,1H3. The van der Waals surface area contributed by atoms with Gasteiger partial charge < -0.3 is 10.6 Å². The molecule has 1 aliphatic carbocycles. The summed E-state index contributed by atoms with van der Waals surface area (Å²) in [5.74, 6) is 1.80. The molecule has 1 unspecified atom stereocenters. The van der Waals surface area contributed by atoms with Gasteiger partial charge in [0.1, 0.15) is 11.9 Å². The summed E-state index contributed by atoms with van der Waals surface area (Å²) >= 11 is 0. The van der Waals surface area contributed by atoms with E-state index in [1.807, 2.05) is 43.3 Å². The smallest absolute Gasteiger partial charge is 0.150 e. The lowest BCUT2D eigenvalue weighted by Gasteiger charge is -2.12. The molecule has 1 aliphatic rings. The van der Waals surface area contributed by atoms with Crippen molar-refractivity contribution in [2.75, 3.05) is 26.0 Å². The number of nitrogens with zero attached hydrogens (tertiary/aromatic N) is 5. The van der Waals surface area contributed by atoms with Gasteiger partial charge in [-0.15, -0.1) is 10.2 Å². The van der Waals surface area contributed by atoms with E-state index < -0.39 is 6.17 Å². The van der Waals surface area contributed by atoms with Gasteiger partial charge in [0, 0.05) is 37.8 Å². The number of anilines is 1. The number of H-pyrrole nitrogens is 1. The van der Waals surface area contributed by atoms with Gasteiger partial charge in [-0.05, 0) is 38.1 Å². The summed E-state index contributed by atoms with van der Waals surface area (Å²) < 4.78 is 13.6. The third-order valence-electron chi connectivity index (χ3n) is 5.77. The van der Waals surface area contributed by atoms with E-state index in [0.29, 0.717) is 17.1 Å². The first-order valence-corrected chi connectivity index (χ1v) is 12.2. The molecule has 1 saturated carbocycles. The number of aromatic nitrogens is 5. The van der Waals surface area contributed by atoms with Crippen molar-refractivity contribution in [3.8, 4) is 22.5 Å². The fraction of sp³-hybridized carbons (Fsp3) is 0.538. The summed E-state index contributed by atoms with van der Waals surface area (Å²) in [5, 5.41) is 15.1. The Balaban J connectivity index is 0.000000343. The van der Waals surface area contributed by atoms with Crippen LogP contribution in [0.1, 0.15) is 58.1 Å². The van der Waals surface area contributed by atoms with Gasteiger partial charge in [-0.25, -0.2) is 4.39 Å². The Morgan fingerprint density at radius 2 is 1.71 bits per heavy atom. The lowest BCUT2D eigenvalue weighted by Crippen LogP contribution is -2.11. The molecule has 1 atom stereocenters. The van der Waals surface area contributed by atoms with E-state index in [0.717, 1.165) is 22.9 Å². The van der Waals surface area contributed by atoms with E-state index in [1.54, 1.807) is 12.4 Å². The topological polar surface area (TPSA) is 96.6 Å². The quantitative estimate of drug-likeness (QED) is 0.483. The molecule has 0 bridgehead atoms. The number of nitrogens with one attached hydrogen (secondary N) is 1. The van der Waals surface area contributed by atoms with Crippen molar-refractivity contribution in [3.63, 3.8) is 0 Å². The minimum atomic E-state index is -0.986. The van der Waals surface area contributed by atoms with Crippen LogP contribution in [0.15, 0.2) is 36.7 Å². The monoisotopic (exact) mass is 469 g/mol. The van der Waals surface area contributed by atoms with Crippen molar-refractivity contribution >= 4 is 5.82 Å². The first-order valence-electron chi connectivity index (χ1n) is 12.2. The van der Waals surface area contributed by atoms with Crippen LogP contribution in [0, 0.1) is 5.92 Å². The van der Waals surface area contributed by atoms with Crippen LogP contribution in [-0.2, 0) is 6.42 Å². The van der Waals surface area contributed by atoms with Crippen LogP contribution in [0.2, 0.25) is 0 Å². The second-order valence-electron chi connectivity index (χ2n) is 8.93. The molecule has 0 radical (unpaired) electrons. The summed E-state index contributed by atoms with van der Waals surface area (Å²) in [6.45, 7) is 3.91. The highest BCUT2D eigenvalue weighted by atomic mass is 19.1. The number of pyridine rings is 1. The molecule has 34 heavy (non-hydrogen) atoms. The minimum absolute atomic E-state index is 0.234. The number of nitrogens with two attached hydrogens (primary N) is 1. The van der Waals surface area contributed by atoms with Crippen molar-refractivity contribution in [2.24, 2.45) is 11.7 Å². The minimum Gasteiger partial charge on any atom is -0.361 e. The third kappa shape index (κ3) is 8.48. The molecule has 0 saturated heterocycles. The summed E-state index contributed by atoms with van der Waals surface area (Å²) in [6, 6.07) is 7.54. The molecular weight excluding hydrogens is 429 g/mol. The number of rotatable bonds is 5. The van der Waals surface area contributed by atoms with Crippen molar-refractivity contribution in [1.82, 2.24) is 25.4 Å². The predicted molar refractivity (Wildman–Crippen MR) is 138 cm³/mol. The van der Waals surface area contributed by atoms with Crippen LogP contribution in [-0.4, -0.2) is 52.7 Å². The highest BCUT2D eigenvalue weighted by Gasteiger charge is 2.14. The molecule has 0 spiro atoms. The van der Waals surface area contributed by atoms with E-state index in [-0.39, 0.29) is 6.42 Å². The van der Waals surface area contributed by atoms with Gasteiger partial charge >= 0.3 is 0 Å². The number of aromatic amines is 1. The molecule has 7 nitrogen and oxygen atoms in total. The Kier molecular flexibility index (Phi) is 11.6. The van der Waals surface area contributed by atoms with Crippen LogP contribution in [0.25, 0.3) is 22.5 Å². The van der Waals surface area contributed by atoms with Crippen LogP contribution < -0.4 is 10.6 Å². The molecule has 3 aromatic heterocycles. The Bertz CT molecular complexity index is 932. The Labute approximate surface area is 203 Å². The fourth-order valence-corrected chi connectivity index (χ4v) is 3.91. The number of hydrogen-bond acceptors (Lipinski definition) is 6. The molecule has 0 amide bonds. The van der Waals surface area contributed by atoms with Gasteiger partial charge in [0.05, 0.1) is 17.6 Å². The zero-order valence-electron chi connectivity index (χ0n) is 21.3. The first kappa shape index (κ1) is 27.4. The molecular formula is C26H40FN7. The Morgan fingerprint density at radius 3 is 2.24 bits per heavy atom. The van der Waals surface area contributed by atoms with Crippen molar-refractivity contribution in [3.05, 3.63) is 42.4 Å². The molecule has 4 rings (SSSR count). The molecule has 8 heteroatoms. The van der Waals surface area contributed by atoms with E-state index in [4.69, 9.17) is 0 Å². The zero-order chi connectivity index (χ0) is 24.9. The fourth-order valence-electron chi connectivity index (χ4n) is 3.91. The van der Waals surface area contributed by atoms with Crippen molar-refractivity contribution < 1.29 is 4.39 Å². The molecule has 0 aliphatic heterocycles. The molecule has 3 aromatic rings. The van der Waals surface area contributed by atoms with E-state index >= 15 is 0 Å². The van der Waals surface area contributed by atoms with Crippen molar-refractivity contribution in [1.29, 1.82) is 0 Å². The largest absolute Gasteiger partial charge is 0.361 e. The van der Waals surface area contributed by atoms with Gasteiger partial charge in [-0.3, -0.25) is 10.1 Å². The summed E-state index contributed by atoms with van der Waals surface area (Å²) in [4.78, 5) is 6.49. The lowest BCUT2D eigenvalue weighted by atomic mass is 10.0. The normalized spacial score (nSPS) is 14.7. The van der Waals surface area contributed by atoms with Crippen LogP contribution in [0.5, 0.6) is 0 Å². The van der Waals surface area contributed by atoms with Crippen LogP contribution in [0.3, 0.4) is 0 Å². The van der Waals surface area contributed by atoms with Gasteiger partial charge in [0.25, 0.3) is 0 Å². The lowest BCUT2D eigenvalue weighted by molar-refractivity contribution is 0.358. The highest BCUT2D eigenvalue weighted by Crippen LogP contribution is 2.26. The maximum absolute atomic E-state index is 13.6. The van der Waals surface area contributed by atoms with Crippen LogP contribution >= 0.6 is 0 Å². The van der Waals surface area contributed by atoms with Gasteiger partial charge in [-0.2, -0.15) is 5.10 Å². The average Bonchev–Trinajstić information content (AvgIpc) is 3.27. The second-order valence-corrected chi connectivity index (χ2v) is 8.93. The summed E-state index contributed by atoms with van der Waals surface area (Å²) in [7, 11) is 5.31.